The van der Waals surface area contributed by atoms with Crippen LogP contribution in [-0.4, -0.2) is 61.4 Å². The van der Waals surface area contributed by atoms with Crippen LogP contribution >= 0.6 is 0 Å². The van der Waals surface area contributed by atoms with Crippen molar-refractivity contribution in [1.29, 1.82) is 0 Å². The molecule has 0 spiro atoms. The van der Waals surface area contributed by atoms with Crippen molar-refractivity contribution in [3.8, 4) is 11.5 Å². The highest BCUT2D eigenvalue weighted by molar-refractivity contribution is 5.89. The molecule has 3 aromatic rings. The summed E-state index contributed by atoms with van der Waals surface area (Å²) >= 11 is 0. The van der Waals surface area contributed by atoms with E-state index in [1.807, 2.05) is 18.2 Å². The molecule has 1 saturated heterocycles. The third-order valence-corrected chi connectivity index (χ3v) is 5.71. The summed E-state index contributed by atoms with van der Waals surface area (Å²) in [7, 11) is 3.18. The number of aromatic nitrogens is 2. The van der Waals surface area contributed by atoms with Crippen molar-refractivity contribution in [2.24, 2.45) is 0 Å². The summed E-state index contributed by atoms with van der Waals surface area (Å²) in [5, 5.41) is 8.05. The number of ether oxygens (including phenoxy) is 2. The Bertz CT molecular complexity index is 1100. The van der Waals surface area contributed by atoms with Gasteiger partial charge in [0, 0.05) is 31.9 Å². The second kappa shape index (κ2) is 9.30. The summed E-state index contributed by atoms with van der Waals surface area (Å²) in [6.45, 7) is 6.97. The zero-order chi connectivity index (χ0) is 22.7. The van der Waals surface area contributed by atoms with Gasteiger partial charge in [0.1, 0.15) is 0 Å². The molecule has 1 aliphatic rings. The fraction of sp³-hybridized carbons (Fsp3) is 0.375. The van der Waals surface area contributed by atoms with E-state index in [2.05, 4.69) is 47.1 Å². The number of amides is 1. The number of benzene rings is 2. The number of hydrogen-bond acceptors (Lipinski definition) is 7. The van der Waals surface area contributed by atoms with Crippen LogP contribution in [0.1, 0.15) is 33.3 Å². The third kappa shape index (κ3) is 4.54. The van der Waals surface area contributed by atoms with Crippen LogP contribution in [0.2, 0.25) is 0 Å². The summed E-state index contributed by atoms with van der Waals surface area (Å²) in [5.74, 6) is 1.46. The lowest BCUT2D eigenvalue weighted by Gasteiger charge is -2.36. The fourth-order valence-electron chi connectivity index (χ4n) is 4.02. The molecule has 168 valence electrons. The first kappa shape index (κ1) is 21.7. The molecule has 2 aromatic carbocycles. The fourth-order valence-corrected chi connectivity index (χ4v) is 4.02. The molecule has 0 radical (unpaired) electrons. The number of carbonyl (C=O) groups excluding carboxylic acids is 1. The van der Waals surface area contributed by atoms with Crippen LogP contribution in [0.3, 0.4) is 0 Å². The molecule has 0 N–H and O–H groups in total. The molecule has 8 nitrogen and oxygen atoms in total. The lowest BCUT2D eigenvalue weighted by molar-refractivity contribution is 0.0704. The smallest absolute Gasteiger partial charge is 0.311 e. The Hall–Kier alpha value is -3.55. The van der Waals surface area contributed by atoms with Crippen molar-refractivity contribution in [2.75, 3.05) is 45.3 Å². The average molecular weight is 437 g/mol. The van der Waals surface area contributed by atoms with Gasteiger partial charge in [0.15, 0.2) is 11.5 Å². The van der Waals surface area contributed by atoms with Crippen molar-refractivity contribution < 1.29 is 18.7 Å². The van der Waals surface area contributed by atoms with Gasteiger partial charge in [-0.25, -0.2) is 0 Å². The molecule has 0 atom stereocenters. The van der Waals surface area contributed by atoms with Crippen molar-refractivity contribution in [1.82, 2.24) is 15.1 Å². The monoisotopic (exact) mass is 436 g/mol. The highest BCUT2D eigenvalue weighted by Gasteiger charge is 2.26. The van der Waals surface area contributed by atoms with Gasteiger partial charge >= 0.3 is 11.8 Å². The molecule has 0 unspecified atom stereocenters. The minimum absolute atomic E-state index is 0.0282. The topological polar surface area (TPSA) is 80.9 Å². The van der Waals surface area contributed by atoms with Crippen LogP contribution < -0.4 is 14.4 Å². The molecule has 1 aliphatic heterocycles. The van der Waals surface area contributed by atoms with E-state index in [-0.39, 0.29) is 11.8 Å². The predicted octanol–water partition coefficient (Wildman–Crippen LogP) is 3.26. The lowest BCUT2D eigenvalue weighted by Crippen LogP contribution is -2.49. The maximum atomic E-state index is 12.9. The predicted molar refractivity (Wildman–Crippen MR) is 121 cm³/mol. The van der Waals surface area contributed by atoms with Gasteiger partial charge in [-0.2, -0.15) is 0 Å². The molecule has 0 bridgehead atoms. The van der Waals surface area contributed by atoms with Crippen molar-refractivity contribution in [3.05, 3.63) is 64.9 Å². The summed E-state index contributed by atoms with van der Waals surface area (Å²) in [6, 6.07) is 12.0. The average Bonchev–Trinajstić information content (AvgIpc) is 3.27. The molecule has 32 heavy (non-hydrogen) atoms. The van der Waals surface area contributed by atoms with E-state index in [0.717, 1.165) is 18.7 Å². The maximum Gasteiger partial charge on any atom is 0.311 e. The molecule has 0 aliphatic carbocycles. The summed E-state index contributed by atoms with van der Waals surface area (Å²) < 4.78 is 16.3. The maximum absolute atomic E-state index is 12.9. The van der Waals surface area contributed by atoms with Crippen molar-refractivity contribution >= 4 is 11.6 Å². The standard InChI is InChI=1S/C24H28N4O4/c1-16-5-7-19(17(2)13-16)27-9-11-28(12-10-27)24(29)23-26-25-22(32-23)15-18-6-8-20(30-3)21(14-18)31-4/h5-8,13-14H,9-12,15H2,1-4H3. The molecule has 1 aromatic heterocycles. The summed E-state index contributed by atoms with van der Waals surface area (Å²) in [5.41, 5.74) is 4.65. The van der Waals surface area contributed by atoms with Gasteiger partial charge in [-0.05, 0) is 43.2 Å². The number of hydrogen-bond donors (Lipinski definition) is 0. The Balaban J connectivity index is 1.38. The van der Waals surface area contributed by atoms with E-state index in [9.17, 15) is 4.79 Å². The van der Waals surface area contributed by atoms with E-state index < -0.39 is 0 Å². The Morgan fingerprint density at radius 2 is 1.72 bits per heavy atom. The van der Waals surface area contributed by atoms with Gasteiger partial charge in [-0.15, -0.1) is 10.2 Å². The number of anilines is 1. The number of rotatable bonds is 6. The van der Waals surface area contributed by atoms with Gasteiger partial charge in [0.05, 0.1) is 20.6 Å². The van der Waals surface area contributed by atoms with Crippen LogP contribution in [0, 0.1) is 13.8 Å². The molecular formula is C24H28N4O4. The van der Waals surface area contributed by atoms with Crippen LogP contribution in [0.15, 0.2) is 40.8 Å². The van der Waals surface area contributed by atoms with E-state index in [1.54, 1.807) is 19.1 Å². The quantitative estimate of drug-likeness (QED) is 0.587. The molecule has 1 fully saturated rings. The summed E-state index contributed by atoms with van der Waals surface area (Å²) in [4.78, 5) is 17.0. The summed E-state index contributed by atoms with van der Waals surface area (Å²) in [6.07, 6.45) is 0.404. The van der Waals surface area contributed by atoms with Gasteiger partial charge < -0.3 is 23.7 Å². The number of carbonyl (C=O) groups is 1. The van der Waals surface area contributed by atoms with Crippen LogP contribution in [0.5, 0.6) is 11.5 Å². The Labute approximate surface area is 187 Å². The number of nitrogens with zero attached hydrogens (tertiary/aromatic N) is 4. The van der Waals surface area contributed by atoms with Gasteiger partial charge in [0.25, 0.3) is 0 Å². The van der Waals surface area contributed by atoms with Crippen molar-refractivity contribution in [3.63, 3.8) is 0 Å². The molecule has 1 amide bonds. The van der Waals surface area contributed by atoms with Crippen molar-refractivity contribution in [2.45, 2.75) is 20.3 Å². The lowest BCUT2D eigenvalue weighted by atomic mass is 10.1. The molecule has 2 heterocycles. The second-order valence-electron chi connectivity index (χ2n) is 7.94. The largest absolute Gasteiger partial charge is 0.493 e. The molecular weight excluding hydrogens is 408 g/mol. The Morgan fingerprint density at radius 3 is 2.41 bits per heavy atom. The van der Waals surface area contributed by atoms with Gasteiger partial charge in [0.2, 0.25) is 5.89 Å². The molecule has 4 rings (SSSR count). The number of aryl methyl sites for hydroxylation is 2. The van der Waals surface area contributed by atoms with Gasteiger partial charge in [-0.1, -0.05) is 23.8 Å². The normalized spacial score (nSPS) is 13.9. The number of methoxy groups -OCH3 is 2. The first-order valence-corrected chi connectivity index (χ1v) is 10.6. The van der Waals surface area contributed by atoms with E-state index >= 15 is 0 Å². The Kier molecular flexibility index (Phi) is 6.30. The highest BCUT2D eigenvalue weighted by atomic mass is 16.5. The minimum Gasteiger partial charge on any atom is -0.493 e. The molecule has 8 heteroatoms. The van der Waals surface area contributed by atoms with Crippen LogP contribution in [0.25, 0.3) is 0 Å². The number of piperazine rings is 1. The molecule has 0 saturated carbocycles. The zero-order valence-electron chi connectivity index (χ0n) is 18.9. The SMILES string of the molecule is COc1ccc(Cc2nnc(C(=O)N3CCN(c4ccc(C)cc4C)CC3)o2)cc1OC. The van der Waals surface area contributed by atoms with E-state index in [0.29, 0.717) is 36.9 Å². The highest BCUT2D eigenvalue weighted by Crippen LogP contribution is 2.28. The Morgan fingerprint density at radius 1 is 0.969 bits per heavy atom. The van der Waals surface area contributed by atoms with Gasteiger partial charge in [-0.3, -0.25) is 4.79 Å². The first-order valence-electron chi connectivity index (χ1n) is 10.6. The minimum atomic E-state index is -0.226. The van der Waals surface area contributed by atoms with E-state index in [4.69, 9.17) is 13.9 Å². The van der Waals surface area contributed by atoms with E-state index in [1.165, 1.54) is 16.8 Å². The second-order valence-corrected chi connectivity index (χ2v) is 7.94. The van der Waals surface area contributed by atoms with Crippen LogP contribution in [-0.2, 0) is 6.42 Å². The van der Waals surface area contributed by atoms with Crippen LogP contribution in [0.4, 0.5) is 5.69 Å². The zero-order valence-corrected chi connectivity index (χ0v) is 18.9. The first-order chi connectivity index (χ1) is 15.5. The third-order valence-electron chi connectivity index (χ3n) is 5.71.